The fourth-order valence-electron chi connectivity index (χ4n) is 6.50. The van der Waals surface area contributed by atoms with Crippen molar-refractivity contribution in [3.63, 3.8) is 0 Å². The number of anilines is 3. The predicted octanol–water partition coefficient (Wildman–Crippen LogP) is 12.2. The first-order valence-electron chi connectivity index (χ1n) is 14.5. The minimum atomic E-state index is 0.890. The molecule has 2 nitrogen and oxygen atoms in total. The molecule has 2 aromatic heterocycles. The molecule has 0 radical (unpaired) electrons. The molecule has 3 heteroatoms. The van der Waals surface area contributed by atoms with Gasteiger partial charge in [0.1, 0.15) is 11.2 Å². The van der Waals surface area contributed by atoms with Crippen LogP contribution in [0.2, 0.25) is 0 Å². The number of fused-ring (bicyclic) bond motifs is 8. The summed E-state index contributed by atoms with van der Waals surface area (Å²) < 4.78 is 9.16. The summed E-state index contributed by atoms with van der Waals surface area (Å²) in [5.41, 5.74) is 7.51. The molecule has 0 atom stereocenters. The summed E-state index contributed by atoms with van der Waals surface area (Å²) in [4.78, 5) is 2.35. The second kappa shape index (κ2) is 9.59. The maximum Gasteiger partial charge on any atom is 0.136 e. The highest BCUT2D eigenvalue weighted by Crippen LogP contribution is 2.44. The fraction of sp³-hybridized carbons (Fsp3) is 0. The zero-order valence-corrected chi connectivity index (χ0v) is 24.0. The van der Waals surface area contributed by atoms with E-state index in [2.05, 4.69) is 157 Å². The predicted molar refractivity (Wildman–Crippen MR) is 184 cm³/mol. The number of thiophene rings is 1. The van der Waals surface area contributed by atoms with Gasteiger partial charge in [-0.05, 0) is 82.6 Å². The molecule has 0 aliphatic heterocycles. The van der Waals surface area contributed by atoms with Crippen LogP contribution in [0.15, 0.2) is 156 Å². The topological polar surface area (TPSA) is 16.4 Å². The van der Waals surface area contributed by atoms with Gasteiger partial charge in [0.25, 0.3) is 0 Å². The van der Waals surface area contributed by atoms with Crippen molar-refractivity contribution < 1.29 is 4.42 Å². The van der Waals surface area contributed by atoms with Crippen molar-refractivity contribution in [2.24, 2.45) is 0 Å². The van der Waals surface area contributed by atoms with Gasteiger partial charge in [-0.1, -0.05) is 91.0 Å². The Labute approximate surface area is 252 Å². The highest BCUT2D eigenvalue weighted by molar-refractivity contribution is 7.25. The lowest BCUT2D eigenvalue weighted by atomic mass is 9.95. The number of furan rings is 1. The van der Waals surface area contributed by atoms with Crippen LogP contribution >= 0.6 is 11.3 Å². The number of rotatable bonds is 4. The number of benzene rings is 7. The van der Waals surface area contributed by atoms with Crippen molar-refractivity contribution in [1.29, 1.82) is 0 Å². The molecule has 0 aliphatic rings. The van der Waals surface area contributed by atoms with Gasteiger partial charge < -0.3 is 9.32 Å². The Kier molecular flexibility index (Phi) is 5.40. The minimum Gasteiger partial charge on any atom is -0.456 e. The highest BCUT2D eigenvalue weighted by atomic mass is 32.1. The van der Waals surface area contributed by atoms with Crippen molar-refractivity contribution >= 4 is 81.3 Å². The Bertz CT molecular complexity index is 2460. The van der Waals surface area contributed by atoms with Crippen molar-refractivity contribution in [2.45, 2.75) is 0 Å². The first kappa shape index (κ1) is 24.2. The Morgan fingerprint density at radius 2 is 1.05 bits per heavy atom. The van der Waals surface area contributed by atoms with E-state index in [1.54, 1.807) is 0 Å². The van der Waals surface area contributed by atoms with Gasteiger partial charge in [-0.15, -0.1) is 11.3 Å². The number of nitrogens with zero attached hydrogens (tertiary/aromatic N) is 1. The lowest BCUT2D eigenvalue weighted by Gasteiger charge is -2.25. The maximum atomic E-state index is 6.55. The largest absolute Gasteiger partial charge is 0.456 e. The molecule has 0 amide bonds. The lowest BCUT2D eigenvalue weighted by Crippen LogP contribution is -2.09. The van der Waals surface area contributed by atoms with Crippen molar-refractivity contribution in [1.82, 2.24) is 0 Å². The number of para-hydroxylation sites is 1. The van der Waals surface area contributed by atoms with Gasteiger partial charge in [-0.25, -0.2) is 0 Å². The fourth-order valence-corrected chi connectivity index (χ4v) is 7.59. The summed E-state index contributed by atoms with van der Waals surface area (Å²) in [6, 6.07) is 54.2. The second-order valence-electron chi connectivity index (χ2n) is 10.9. The van der Waals surface area contributed by atoms with Crippen molar-refractivity contribution in [3.05, 3.63) is 152 Å². The van der Waals surface area contributed by atoms with Crippen LogP contribution in [-0.2, 0) is 0 Å². The summed E-state index contributed by atoms with van der Waals surface area (Å²) in [7, 11) is 0. The van der Waals surface area contributed by atoms with E-state index in [-0.39, 0.29) is 0 Å². The minimum absolute atomic E-state index is 0.890. The molecule has 43 heavy (non-hydrogen) atoms. The monoisotopic (exact) mass is 567 g/mol. The molecular formula is C40H25NOS. The summed E-state index contributed by atoms with van der Waals surface area (Å²) in [5, 5.41) is 7.28. The smallest absolute Gasteiger partial charge is 0.136 e. The van der Waals surface area contributed by atoms with Crippen LogP contribution in [0.25, 0.3) is 64.0 Å². The molecular weight excluding hydrogens is 543 g/mol. The zero-order chi connectivity index (χ0) is 28.3. The van der Waals surface area contributed by atoms with E-state index in [9.17, 15) is 0 Å². The van der Waals surface area contributed by atoms with Crippen LogP contribution in [-0.4, -0.2) is 0 Å². The van der Waals surface area contributed by atoms with E-state index < -0.39 is 0 Å². The van der Waals surface area contributed by atoms with Gasteiger partial charge in [0.05, 0.1) is 0 Å². The zero-order valence-electron chi connectivity index (χ0n) is 23.2. The molecule has 9 rings (SSSR count). The molecule has 0 saturated carbocycles. The Morgan fingerprint density at radius 1 is 0.419 bits per heavy atom. The Balaban J connectivity index is 1.29. The van der Waals surface area contributed by atoms with Crippen LogP contribution in [0.4, 0.5) is 17.1 Å². The molecule has 9 aromatic rings. The van der Waals surface area contributed by atoms with Crippen molar-refractivity contribution in [3.8, 4) is 11.1 Å². The first-order chi connectivity index (χ1) is 21.3. The summed E-state index contributed by atoms with van der Waals surface area (Å²) in [5.74, 6) is 0. The van der Waals surface area contributed by atoms with Gasteiger partial charge in [0.2, 0.25) is 0 Å². The second-order valence-corrected chi connectivity index (χ2v) is 12.0. The molecule has 0 fully saturated rings. The standard InChI is InChI=1S/C40H25NOS/c1-3-11-26(12-4-1)33-25-37-40(32-17-8-7-15-30(32)33)35-24-28(19-21-36(35)42-37)41(27-13-5-2-6-14-27)29-20-22-39-34(23-29)31-16-9-10-18-38(31)43-39/h1-25H. The van der Waals surface area contributed by atoms with E-state index in [0.29, 0.717) is 0 Å². The van der Waals surface area contributed by atoms with Gasteiger partial charge in [0, 0.05) is 48.0 Å². The first-order valence-corrected chi connectivity index (χ1v) is 15.3. The Hall–Kier alpha value is -5.38. The van der Waals surface area contributed by atoms with E-state index >= 15 is 0 Å². The molecule has 0 saturated heterocycles. The van der Waals surface area contributed by atoms with E-state index in [0.717, 1.165) is 39.0 Å². The van der Waals surface area contributed by atoms with E-state index in [4.69, 9.17) is 4.42 Å². The van der Waals surface area contributed by atoms with Crippen LogP contribution in [0, 0.1) is 0 Å². The molecule has 7 aromatic carbocycles. The molecule has 2 heterocycles. The van der Waals surface area contributed by atoms with Crippen LogP contribution in [0.5, 0.6) is 0 Å². The van der Waals surface area contributed by atoms with Crippen LogP contribution in [0.3, 0.4) is 0 Å². The van der Waals surface area contributed by atoms with Gasteiger partial charge in [0.15, 0.2) is 0 Å². The quantitative estimate of drug-likeness (QED) is 0.210. The molecule has 0 N–H and O–H groups in total. The van der Waals surface area contributed by atoms with Gasteiger partial charge in [-0.3, -0.25) is 0 Å². The van der Waals surface area contributed by atoms with Gasteiger partial charge >= 0.3 is 0 Å². The SMILES string of the molecule is c1ccc(-c2cc3oc4ccc(N(c5ccccc5)c5ccc6sc7ccccc7c6c5)cc4c3c3ccccc23)cc1. The number of hydrogen-bond donors (Lipinski definition) is 0. The van der Waals surface area contributed by atoms with Gasteiger partial charge in [-0.2, -0.15) is 0 Å². The lowest BCUT2D eigenvalue weighted by molar-refractivity contribution is 0.669. The van der Waals surface area contributed by atoms with Crippen LogP contribution < -0.4 is 4.90 Å². The third-order valence-electron chi connectivity index (χ3n) is 8.44. The molecule has 0 aliphatic carbocycles. The third kappa shape index (κ3) is 3.86. The molecule has 202 valence electrons. The molecule has 0 spiro atoms. The van der Waals surface area contributed by atoms with Crippen LogP contribution in [0.1, 0.15) is 0 Å². The maximum absolute atomic E-state index is 6.55. The third-order valence-corrected chi connectivity index (χ3v) is 9.59. The molecule has 0 unspecified atom stereocenters. The molecule has 0 bridgehead atoms. The normalized spacial score (nSPS) is 11.7. The van der Waals surface area contributed by atoms with Crippen molar-refractivity contribution in [2.75, 3.05) is 4.90 Å². The average Bonchev–Trinajstić information content (AvgIpc) is 3.63. The van der Waals surface area contributed by atoms with E-state index in [1.807, 2.05) is 11.3 Å². The highest BCUT2D eigenvalue weighted by Gasteiger charge is 2.19. The average molecular weight is 568 g/mol. The number of hydrogen-bond acceptors (Lipinski definition) is 3. The summed E-state index contributed by atoms with van der Waals surface area (Å²) in [6.45, 7) is 0. The Morgan fingerprint density at radius 3 is 1.86 bits per heavy atom. The summed E-state index contributed by atoms with van der Waals surface area (Å²) >= 11 is 1.85. The summed E-state index contributed by atoms with van der Waals surface area (Å²) in [6.07, 6.45) is 0. The van der Waals surface area contributed by atoms with E-state index in [1.165, 1.54) is 42.1 Å².